The van der Waals surface area contributed by atoms with E-state index in [0.29, 0.717) is 5.75 Å². The smallest absolute Gasteiger partial charge is 0.271 e. The number of nitro groups is 1. The first-order valence-electron chi connectivity index (χ1n) is 8.01. The van der Waals surface area contributed by atoms with Gasteiger partial charge in [0.25, 0.3) is 11.2 Å². The average Bonchev–Trinajstić information content (AvgIpc) is 2.68. The van der Waals surface area contributed by atoms with Gasteiger partial charge in [-0.1, -0.05) is 12.1 Å². The zero-order chi connectivity index (χ0) is 19.4. The van der Waals surface area contributed by atoms with E-state index in [4.69, 9.17) is 4.74 Å². The van der Waals surface area contributed by atoms with Crippen molar-refractivity contribution in [3.8, 4) is 5.75 Å². The third-order valence-electron chi connectivity index (χ3n) is 3.96. The first-order valence-corrected chi connectivity index (χ1v) is 8.01. The lowest BCUT2D eigenvalue weighted by molar-refractivity contribution is -0.384. The lowest BCUT2D eigenvalue weighted by Gasteiger charge is -2.09. The molecular weight excluding hydrogens is 352 g/mol. The summed E-state index contributed by atoms with van der Waals surface area (Å²) in [4.78, 5) is 38.9. The minimum absolute atomic E-state index is 0.150. The quantitative estimate of drug-likeness (QED) is 0.522. The molecule has 0 saturated heterocycles. The number of methoxy groups -OCH3 is 1. The van der Waals surface area contributed by atoms with Crippen LogP contribution in [0, 0.1) is 10.1 Å². The molecular formula is C18H16N4O5. The van der Waals surface area contributed by atoms with Crippen LogP contribution in [-0.2, 0) is 17.9 Å². The highest BCUT2D eigenvalue weighted by Crippen LogP contribution is 2.16. The molecule has 1 N–H and O–H groups in total. The summed E-state index contributed by atoms with van der Waals surface area (Å²) in [6, 6.07) is 11.1. The predicted octanol–water partition coefficient (Wildman–Crippen LogP) is 1.63. The van der Waals surface area contributed by atoms with E-state index >= 15 is 0 Å². The zero-order valence-corrected chi connectivity index (χ0v) is 14.4. The maximum atomic E-state index is 12.5. The molecule has 0 bridgehead atoms. The standard InChI is InChI=1S/C18H16N4O5/c1-27-14-4-2-3-12(7-14)9-19-17(23)10-21-11-20-16-8-13(22(25)26)5-6-15(16)18(21)24/h2-8,11H,9-10H2,1H3,(H,19,23). The Morgan fingerprint density at radius 2 is 2.11 bits per heavy atom. The van der Waals surface area contributed by atoms with E-state index < -0.39 is 10.5 Å². The van der Waals surface area contributed by atoms with Gasteiger partial charge >= 0.3 is 0 Å². The minimum Gasteiger partial charge on any atom is -0.497 e. The molecule has 0 saturated carbocycles. The van der Waals surface area contributed by atoms with Gasteiger partial charge in [-0.2, -0.15) is 0 Å². The lowest BCUT2D eigenvalue weighted by atomic mass is 10.2. The predicted molar refractivity (Wildman–Crippen MR) is 97.5 cm³/mol. The van der Waals surface area contributed by atoms with Gasteiger partial charge in [-0.3, -0.25) is 24.3 Å². The number of amides is 1. The van der Waals surface area contributed by atoms with Gasteiger partial charge in [0.1, 0.15) is 12.3 Å². The van der Waals surface area contributed by atoms with Gasteiger partial charge in [-0.15, -0.1) is 0 Å². The molecule has 3 rings (SSSR count). The van der Waals surface area contributed by atoms with Crippen molar-refractivity contribution in [2.45, 2.75) is 13.1 Å². The Labute approximate surface area is 153 Å². The number of fused-ring (bicyclic) bond motifs is 1. The monoisotopic (exact) mass is 368 g/mol. The molecule has 138 valence electrons. The number of hydrogen-bond acceptors (Lipinski definition) is 6. The summed E-state index contributed by atoms with van der Waals surface area (Å²) in [5.41, 5.74) is 0.482. The Balaban J connectivity index is 1.72. The van der Waals surface area contributed by atoms with Gasteiger partial charge in [0.2, 0.25) is 5.91 Å². The van der Waals surface area contributed by atoms with Crippen LogP contribution < -0.4 is 15.6 Å². The zero-order valence-electron chi connectivity index (χ0n) is 14.4. The molecule has 1 aromatic heterocycles. The number of rotatable bonds is 6. The number of nitrogens with zero attached hydrogens (tertiary/aromatic N) is 3. The van der Waals surface area contributed by atoms with Gasteiger partial charge in [0, 0.05) is 18.7 Å². The number of non-ortho nitro benzene ring substituents is 1. The van der Waals surface area contributed by atoms with E-state index in [2.05, 4.69) is 10.3 Å². The molecule has 2 aromatic carbocycles. The van der Waals surface area contributed by atoms with Crippen molar-refractivity contribution in [2.24, 2.45) is 0 Å². The highest BCUT2D eigenvalue weighted by Gasteiger charge is 2.12. The van der Waals surface area contributed by atoms with Crippen LogP contribution in [0.5, 0.6) is 5.75 Å². The highest BCUT2D eigenvalue weighted by atomic mass is 16.6. The topological polar surface area (TPSA) is 116 Å². The summed E-state index contributed by atoms with van der Waals surface area (Å²) in [6.07, 6.45) is 1.21. The lowest BCUT2D eigenvalue weighted by Crippen LogP contribution is -2.32. The summed E-state index contributed by atoms with van der Waals surface area (Å²) >= 11 is 0. The van der Waals surface area contributed by atoms with Crippen LogP contribution in [0.3, 0.4) is 0 Å². The van der Waals surface area contributed by atoms with Crippen molar-refractivity contribution < 1.29 is 14.5 Å². The van der Waals surface area contributed by atoms with E-state index in [0.717, 1.165) is 10.1 Å². The number of ether oxygens (including phenoxy) is 1. The normalized spacial score (nSPS) is 10.6. The number of nitrogens with one attached hydrogen (secondary N) is 1. The van der Waals surface area contributed by atoms with Gasteiger partial charge in [-0.25, -0.2) is 4.98 Å². The summed E-state index contributed by atoms with van der Waals surface area (Å²) in [5, 5.41) is 13.7. The van der Waals surface area contributed by atoms with Crippen LogP contribution in [0.4, 0.5) is 5.69 Å². The molecule has 0 spiro atoms. The second-order valence-corrected chi connectivity index (χ2v) is 5.76. The first kappa shape index (κ1) is 18.1. The maximum absolute atomic E-state index is 12.5. The molecule has 1 heterocycles. The third-order valence-corrected chi connectivity index (χ3v) is 3.96. The summed E-state index contributed by atoms with van der Waals surface area (Å²) in [6.45, 7) is 0.0840. The fourth-order valence-electron chi connectivity index (χ4n) is 2.57. The van der Waals surface area contributed by atoms with Crippen molar-refractivity contribution in [2.75, 3.05) is 7.11 Å². The fourth-order valence-corrected chi connectivity index (χ4v) is 2.57. The van der Waals surface area contributed by atoms with E-state index in [1.54, 1.807) is 19.2 Å². The number of carbonyl (C=O) groups excluding carboxylic acids is 1. The van der Waals surface area contributed by atoms with Crippen LogP contribution in [0.2, 0.25) is 0 Å². The van der Waals surface area contributed by atoms with Crippen LogP contribution in [0.1, 0.15) is 5.56 Å². The van der Waals surface area contributed by atoms with Crippen molar-refractivity contribution >= 4 is 22.5 Å². The molecule has 27 heavy (non-hydrogen) atoms. The van der Waals surface area contributed by atoms with Crippen molar-refractivity contribution in [1.29, 1.82) is 0 Å². The fraction of sp³-hybridized carbons (Fsp3) is 0.167. The Morgan fingerprint density at radius 3 is 2.85 bits per heavy atom. The van der Waals surface area contributed by atoms with Crippen LogP contribution in [0.15, 0.2) is 53.6 Å². The van der Waals surface area contributed by atoms with Gasteiger partial charge < -0.3 is 10.1 Å². The van der Waals surface area contributed by atoms with Crippen molar-refractivity contribution in [3.63, 3.8) is 0 Å². The molecule has 0 atom stereocenters. The van der Waals surface area contributed by atoms with Gasteiger partial charge in [0.05, 0.1) is 29.3 Å². The second kappa shape index (κ2) is 7.65. The number of carbonyl (C=O) groups is 1. The van der Waals surface area contributed by atoms with Crippen LogP contribution >= 0.6 is 0 Å². The summed E-state index contributed by atoms with van der Waals surface area (Å²) in [7, 11) is 1.56. The number of hydrogen-bond donors (Lipinski definition) is 1. The van der Waals surface area contributed by atoms with Gasteiger partial charge in [-0.05, 0) is 23.8 Å². The van der Waals surface area contributed by atoms with E-state index in [1.165, 1.54) is 24.5 Å². The number of nitro benzene ring substituents is 1. The Bertz CT molecular complexity index is 1080. The van der Waals surface area contributed by atoms with Crippen LogP contribution in [0.25, 0.3) is 10.9 Å². The Morgan fingerprint density at radius 1 is 1.30 bits per heavy atom. The van der Waals surface area contributed by atoms with E-state index in [1.807, 2.05) is 12.1 Å². The van der Waals surface area contributed by atoms with Gasteiger partial charge in [0.15, 0.2) is 0 Å². The third kappa shape index (κ3) is 4.09. The highest BCUT2D eigenvalue weighted by molar-refractivity contribution is 5.80. The molecule has 0 aliphatic rings. The van der Waals surface area contributed by atoms with E-state index in [9.17, 15) is 19.7 Å². The average molecular weight is 368 g/mol. The molecule has 0 unspecified atom stereocenters. The molecule has 0 radical (unpaired) electrons. The Kier molecular flexibility index (Phi) is 5.11. The second-order valence-electron chi connectivity index (χ2n) is 5.76. The molecule has 3 aromatic rings. The Hall–Kier alpha value is -3.75. The molecule has 0 aliphatic carbocycles. The van der Waals surface area contributed by atoms with Crippen molar-refractivity contribution in [1.82, 2.24) is 14.9 Å². The summed E-state index contributed by atoms with van der Waals surface area (Å²) < 4.78 is 6.29. The van der Waals surface area contributed by atoms with Crippen molar-refractivity contribution in [3.05, 3.63) is 74.8 Å². The minimum atomic E-state index is -0.557. The number of aromatic nitrogens is 2. The SMILES string of the molecule is COc1cccc(CNC(=O)Cn2cnc3cc([N+](=O)[O-])ccc3c2=O)c1. The number of benzene rings is 2. The first-order chi connectivity index (χ1) is 13.0. The summed E-state index contributed by atoms with van der Waals surface area (Å²) in [5.74, 6) is 0.328. The maximum Gasteiger partial charge on any atom is 0.271 e. The largest absolute Gasteiger partial charge is 0.497 e. The molecule has 1 amide bonds. The molecule has 9 nitrogen and oxygen atoms in total. The molecule has 9 heteroatoms. The van der Waals surface area contributed by atoms with E-state index in [-0.39, 0.29) is 35.6 Å². The van der Waals surface area contributed by atoms with Crippen LogP contribution in [-0.4, -0.2) is 27.5 Å². The molecule has 0 aliphatic heterocycles. The molecule has 0 fully saturated rings.